The van der Waals surface area contributed by atoms with Crippen LogP contribution in [-0.2, 0) is 23.6 Å². The van der Waals surface area contributed by atoms with E-state index in [4.69, 9.17) is 4.55 Å². The minimum Gasteiger partial charge on any atom is -0.493 e. The van der Waals surface area contributed by atoms with Gasteiger partial charge in [0.25, 0.3) is 15.7 Å². The molecule has 0 amide bonds. The van der Waals surface area contributed by atoms with Crippen LogP contribution in [0.4, 0.5) is 0 Å². The van der Waals surface area contributed by atoms with Gasteiger partial charge in [-0.3, -0.25) is 13.9 Å². The van der Waals surface area contributed by atoms with Gasteiger partial charge in [0.05, 0.1) is 0 Å². The number of nitrogens with zero attached hydrogens (tertiary/aromatic N) is 1. The van der Waals surface area contributed by atoms with E-state index >= 15 is 0 Å². The molecule has 0 saturated carbocycles. The Morgan fingerprint density at radius 2 is 2.00 bits per heavy atom. The summed E-state index contributed by atoms with van der Waals surface area (Å²) in [7, 11) is -3.31. The summed E-state index contributed by atoms with van der Waals surface area (Å²) in [5.74, 6) is -0.730. The Hall–Kier alpha value is -1.34. The maximum absolute atomic E-state index is 11.4. The summed E-state index contributed by atoms with van der Waals surface area (Å²) in [4.78, 5) is 10.9. The number of rotatable bonds is 4. The fraction of sp³-hybridized carbons (Fsp3) is 0.500. The van der Waals surface area contributed by atoms with Gasteiger partial charge in [-0.25, -0.2) is 0 Å². The summed E-state index contributed by atoms with van der Waals surface area (Å²) in [6.45, 7) is 1.91. The van der Waals surface area contributed by atoms with Crippen molar-refractivity contribution >= 4 is 10.1 Å². The third kappa shape index (κ3) is 2.86. The van der Waals surface area contributed by atoms with Crippen LogP contribution in [0.25, 0.3) is 0 Å². The van der Waals surface area contributed by atoms with Crippen molar-refractivity contribution in [3.05, 3.63) is 22.0 Å². The SMILES string of the molecule is CCCCc1cc(=O)n(C)c(O)c1S(=O)(=O)O. The molecule has 0 unspecified atom stereocenters. The van der Waals surface area contributed by atoms with Crippen LogP contribution in [0.1, 0.15) is 25.3 Å². The van der Waals surface area contributed by atoms with Gasteiger partial charge in [-0.2, -0.15) is 8.42 Å². The van der Waals surface area contributed by atoms with E-state index in [1.807, 2.05) is 6.92 Å². The van der Waals surface area contributed by atoms with Crippen LogP contribution >= 0.6 is 0 Å². The van der Waals surface area contributed by atoms with E-state index in [0.717, 1.165) is 17.1 Å². The second-order valence-electron chi connectivity index (χ2n) is 3.80. The fourth-order valence-corrected chi connectivity index (χ4v) is 2.41. The van der Waals surface area contributed by atoms with Crippen LogP contribution in [0.5, 0.6) is 5.88 Å². The molecule has 1 aromatic rings. The number of aryl methyl sites for hydroxylation is 1. The number of hydrogen-bond acceptors (Lipinski definition) is 4. The molecule has 17 heavy (non-hydrogen) atoms. The van der Waals surface area contributed by atoms with Gasteiger partial charge in [-0.15, -0.1) is 0 Å². The van der Waals surface area contributed by atoms with Crippen LogP contribution in [0.2, 0.25) is 0 Å². The van der Waals surface area contributed by atoms with Crippen LogP contribution in [0, 0.1) is 0 Å². The van der Waals surface area contributed by atoms with E-state index in [1.54, 1.807) is 0 Å². The molecule has 1 heterocycles. The number of aromatic nitrogens is 1. The summed E-state index contributed by atoms with van der Waals surface area (Å²) >= 11 is 0. The molecule has 2 N–H and O–H groups in total. The van der Waals surface area contributed by atoms with E-state index in [-0.39, 0.29) is 5.56 Å². The lowest BCUT2D eigenvalue weighted by Crippen LogP contribution is -2.20. The van der Waals surface area contributed by atoms with Gasteiger partial charge in [0.15, 0.2) is 4.90 Å². The van der Waals surface area contributed by atoms with Crippen molar-refractivity contribution in [1.29, 1.82) is 0 Å². The minimum atomic E-state index is -4.54. The molecule has 1 aromatic heterocycles. The van der Waals surface area contributed by atoms with Crippen molar-refractivity contribution in [1.82, 2.24) is 4.57 Å². The van der Waals surface area contributed by atoms with Gasteiger partial charge >= 0.3 is 0 Å². The first-order valence-electron chi connectivity index (χ1n) is 5.18. The van der Waals surface area contributed by atoms with Crippen molar-refractivity contribution in [3.8, 4) is 5.88 Å². The van der Waals surface area contributed by atoms with Gasteiger partial charge in [0.1, 0.15) is 0 Å². The van der Waals surface area contributed by atoms with Gasteiger partial charge in [-0.1, -0.05) is 13.3 Å². The van der Waals surface area contributed by atoms with Crippen molar-refractivity contribution in [2.45, 2.75) is 31.1 Å². The Morgan fingerprint density at radius 1 is 1.41 bits per heavy atom. The van der Waals surface area contributed by atoms with Crippen molar-refractivity contribution in [3.63, 3.8) is 0 Å². The van der Waals surface area contributed by atoms with Crippen molar-refractivity contribution in [2.75, 3.05) is 0 Å². The van der Waals surface area contributed by atoms with Crippen molar-refractivity contribution in [2.24, 2.45) is 7.05 Å². The molecule has 0 bridgehead atoms. The van der Waals surface area contributed by atoms with E-state index in [2.05, 4.69) is 0 Å². The first-order valence-corrected chi connectivity index (χ1v) is 6.62. The zero-order chi connectivity index (χ0) is 13.2. The van der Waals surface area contributed by atoms with Crippen LogP contribution in [0.3, 0.4) is 0 Å². The Labute approximate surface area is 99.3 Å². The van der Waals surface area contributed by atoms with Gasteiger partial charge < -0.3 is 5.11 Å². The maximum atomic E-state index is 11.4. The first kappa shape index (κ1) is 13.7. The van der Waals surface area contributed by atoms with Crippen LogP contribution in [-0.4, -0.2) is 22.6 Å². The monoisotopic (exact) mass is 261 g/mol. The minimum absolute atomic E-state index is 0.148. The number of unbranched alkanes of at least 4 members (excludes halogenated alkanes) is 1. The summed E-state index contributed by atoms with van der Waals surface area (Å²) in [5.41, 5.74) is -0.365. The molecule has 0 radical (unpaired) electrons. The molecular formula is C10H15NO5S. The van der Waals surface area contributed by atoms with Crippen molar-refractivity contribution < 1.29 is 18.1 Å². The van der Waals surface area contributed by atoms with Crippen LogP contribution in [0.15, 0.2) is 15.8 Å². The first-order chi connectivity index (χ1) is 7.79. The molecule has 0 spiro atoms. The lowest BCUT2D eigenvalue weighted by molar-refractivity contribution is 0.396. The third-order valence-electron chi connectivity index (χ3n) is 2.50. The second-order valence-corrected chi connectivity index (χ2v) is 5.16. The van der Waals surface area contributed by atoms with Gasteiger partial charge in [-0.05, 0) is 18.4 Å². The highest BCUT2D eigenvalue weighted by Crippen LogP contribution is 2.25. The molecule has 1 rings (SSSR count). The summed E-state index contributed by atoms with van der Waals surface area (Å²) in [5, 5.41) is 9.62. The second kappa shape index (κ2) is 4.89. The van der Waals surface area contributed by atoms with Gasteiger partial charge in [0.2, 0.25) is 5.88 Å². The molecule has 0 aliphatic carbocycles. The number of pyridine rings is 1. The predicted molar refractivity (Wildman–Crippen MR) is 61.8 cm³/mol. The predicted octanol–water partition coefficient (Wildman–Crippen LogP) is 0.680. The summed E-state index contributed by atoms with van der Waals surface area (Å²) in [6, 6.07) is 1.12. The highest BCUT2D eigenvalue weighted by atomic mass is 32.2. The normalized spacial score (nSPS) is 11.7. The van der Waals surface area contributed by atoms with E-state index in [0.29, 0.717) is 12.8 Å². The van der Waals surface area contributed by atoms with E-state index in [9.17, 15) is 18.3 Å². The molecule has 0 aliphatic rings. The molecule has 7 heteroatoms. The summed E-state index contributed by atoms with van der Waals surface area (Å²) in [6.07, 6.45) is 1.78. The Morgan fingerprint density at radius 3 is 2.47 bits per heavy atom. The highest BCUT2D eigenvalue weighted by molar-refractivity contribution is 7.86. The van der Waals surface area contributed by atoms with E-state index in [1.165, 1.54) is 7.05 Å². The largest absolute Gasteiger partial charge is 0.493 e. The lowest BCUT2D eigenvalue weighted by atomic mass is 10.1. The molecule has 0 aromatic carbocycles. The smallest absolute Gasteiger partial charge is 0.300 e. The molecule has 0 aliphatic heterocycles. The molecule has 6 nitrogen and oxygen atoms in total. The average Bonchev–Trinajstić information content (AvgIpc) is 2.20. The Balaban J connectivity index is 3.53. The number of hydrogen-bond donors (Lipinski definition) is 2. The fourth-order valence-electron chi connectivity index (χ4n) is 1.55. The third-order valence-corrected chi connectivity index (χ3v) is 3.46. The van der Waals surface area contributed by atoms with Crippen LogP contribution < -0.4 is 5.56 Å². The molecule has 0 saturated heterocycles. The van der Waals surface area contributed by atoms with Gasteiger partial charge in [0, 0.05) is 13.1 Å². The molecular weight excluding hydrogens is 246 g/mol. The topological polar surface area (TPSA) is 96.6 Å². The maximum Gasteiger partial charge on any atom is 0.300 e. The lowest BCUT2D eigenvalue weighted by Gasteiger charge is -2.11. The molecule has 0 fully saturated rings. The summed E-state index contributed by atoms with van der Waals surface area (Å²) < 4.78 is 32.2. The quantitative estimate of drug-likeness (QED) is 0.777. The van der Waals surface area contributed by atoms with E-state index < -0.39 is 26.5 Å². The molecule has 0 atom stereocenters. The Bertz CT molecular complexity index is 573. The standard InChI is InChI=1S/C10H15NO5S/c1-3-4-5-7-6-8(12)11(2)10(13)9(7)17(14,15)16/h6,13H,3-5H2,1-2H3,(H,14,15,16). The number of aromatic hydroxyl groups is 1. The highest BCUT2D eigenvalue weighted by Gasteiger charge is 2.23. The zero-order valence-corrected chi connectivity index (χ0v) is 10.5. The Kier molecular flexibility index (Phi) is 3.94. The molecule has 96 valence electrons. The average molecular weight is 261 g/mol. The zero-order valence-electron chi connectivity index (χ0n) is 9.67.